The topological polar surface area (TPSA) is 96.0 Å². The maximum atomic E-state index is 13.0. The number of hydrogen-bond donors (Lipinski definition) is 0. The Labute approximate surface area is 156 Å². The summed E-state index contributed by atoms with van der Waals surface area (Å²) >= 11 is 0. The van der Waals surface area contributed by atoms with Gasteiger partial charge in [-0.3, -0.25) is 4.18 Å². The second kappa shape index (κ2) is 7.44. The molecule has 1 saturated heterocycles. The SMILES string of the molecule is CC1C[C@H](COS(C)(=O)=O)C[N+]1(C(=O)OC(C)(C)C)C(=O)OC(C)(C)C. The summed E-state index contributed by atoms with van der Waals surface area (Å²) in [6, 6.07) is -0.423. The molecule has 0 aliphatic carbocycles. The van der Waals surface area contributed by atoms with Crippen LogP contribution in [-0.4, -0.2) is 61.7 Å². The number of imide groups is 1. The smallest absolute Gasteiger partial charge is 0.414 e. The summed E-state index contributed by atoms with van der Waals surface area (Å²) in [5.74, 6) is -0.292. The molecule has 0 aromatic rings. The van der Waals surface area contributed by atoms with E-state index in [0.717, 1.165) is 6.26 Å². The highest BCUT2D eigenvalue weighted by Gasteiger charge is 2.60. The van der Waals surface area contributed by atoms with Crippen molar-refractivity contribution in [3.8, 4) is 0 Å². The minimum absolute atomic E-state index is 0.0700. The fraction of sp³-hybridized carbons (Fsp3) is 0.882. The number of rotatable bonds is 3. The molecule has 152 valence electrons. The number of carbonyl (C=O) groups is 2. The number of carbonyl (C=O) groups excluding carboxylic acids is 2. The Hall–Kier alpha value is -1.19. The first-order valence-corrected chi connectivity index (χ1v) is 10.5. The molecule has 1 heterocycles. The Morgan fingerprint density at radius 1 is 1.00 bits per heavy atom. The highest BCUT2D eigenvalue weighted by atomic mass is 32.2. The van der Waals surface area contributed by atoms with Crippen molar-refractivity contribution in [3.63, 3.8) is 0 Å². The molecule has 1 aliphatic rings. The van der Waals surface area contributed by atoms with Crippen molar-refractivity contribution in [1.82, 2.24) is 0 Å². The Kier molecular flexibility index (Phi) is 6.54. The average molecular weight is 395 g/mol. The normalized spacial score (nSPS) is 23.5. The monoisotopic (exact) mass is 394 g/mol. The molecule has 0 saturated carbocycles. The van der Waals surface area contributed by atoms with E-state index in [1.807, 2.05) is 0 Å². The number of hydrogen-bond acceptors (Lipinski definition) is 7. The molecule has 0 N–H and O–H groups in total. The van der Waals surface area contributed by atoms with E-state index >= 15 is 0 Å². The van der Waals surface area contributed by atoms with Crippen LogP contribution in [0.4, 0.5) is 9.59 Å². The summed E-state index contributed by atoms with van der Waals surface area (Å²) in [6.07, 6.45) is 0.0191. The maximum Gasteiger partial charge on any atom is 0.527 e. The lowest BCUT2D eigenvalue weighted by Gasteiger charge is -2.34. The van der Waals surface area contributed by atoms with Crippen molar-refractivity contribution < 1.29 is 36.1 Å². The van der Waals surface area contributed by atoms with Crippen LogP contribution in [0.2, 0.25) is 0 Å². The lowest BCUT2D eigenvalue weighted by atomic mass is 10.1. The first-order valence-electron chi connectivity index (χ1n) is 8.65. The van der Waals surface area contributed by atoms with E-state index in [1.165, 1.54) is 0 Å². The van der Waals surface area contributed by atoms with Gasteiger partial charge in [0.25, 0.3) is 10.1 Å². The number of quaternary nitrogens is 1. The first-order chi connectivity index (χ1) is 11.5. The van der Waals surface area contributed by atoms with Gasteiger partial charge in [0.15, 0.2) is 0 Å². The van der Waals surface area contributed by atoms with E-state index < -0.39 is 44.0 Å². The predicted molar refractivity (Wildman–Crippen MR) is 96.0 cm³/mol. The summed E-state index contributed by atoms with van der Waals surface area (Å²) in [5.41, 5.74) is -1.54. The Balaban J connectivity index is 3.16. The molecular weight excluding hydrogens is 362 g/mol. The lowest BCUT2D eigenvalue weighted by Crippen LogP contribution is -2.61. The maximum absolute atomic E-state index is 13.0. The van der Waals surface area contributed by atoms with Crippen LogP contribution in [0.3, 0.4) is 0 Å². The van der Waals surface area contributed by atoms with E-state index in [0.29, 0.717) is 6.42 Å². The molecule has 1 rings (SSSR count). The van der Waals surface area contributed by atoms with Gasteiger partial charge in [0.2, 0.25) is 0 Å². The molecule has 0 radical (unpaired) electrons. The molecule has 0 bridgehead atoms. The Morgan fingerprint density at radius 3 is 1.77 bits per heavy atom. The number of likely N-dealkylation sites (tertiary alicyclic amines) is 1. The molecule has 2 atom stereocenters. The molecule has 2 amide bonds. The standard InChI is InChI=1S/C17H32NO7S/c1-12-9-13(11-23-26(8,21)22)10-18(12,14(19)24-16(2,3)4)15(20)25-17(5,6)7/h12-13H,9-11H2,1-8H3/q+1/t12?,13-/m0/s1. The molecular formula is C17H32NO7S+. The van der Waals surface area contributed by atoms with Crippen LogP contribution in [0.1, 0.15) is 54.9 Å². The van der Waals surface area contributed by atoms with Crippen molar-refractivity contribution in [2.24, 2.45) is 5.92 Å². The van der Waals surface area contributed by atoms with Crippen molar-refractivity contribution in [3.05, 3.63) is 0 Å². The molecule has 1 aliphatic heterocycles. The zero-order valence-electron chi connectivity index (χ0n) is 17.0. The summed E-state index contributed by atoms with van der Waals surface area (Å²) in [4.78, 5) is 25.9. The fourth-order valence-electron chi connectivity index (χ4n) is 2.93. The van der Waals surface area contributed by atoms with Crippen molar-refractivity contribution >= 4 is 22.3 Å². The van der Waals surface area contributed by atoms with Crippen molar-refractivity contribution in [2.45, 2.75) is 72.1 Å². The number of ether oxygens (including phenoxy) is 2. The van der Waals surface area contributed by atoms with Gasteiger partial charge in [-0.2, -0.15) is 18.0 Å². The van der Waals surface area contributed by atoms with Gasteiger partial charge in [-0.15, -0.1) is 4.48 Å². The van der Waals surface area contributed by atoms with Crippen LogP contribution in [0, 0.1) is 5.92 Å². The average Bonchev–Trinajstić information content (AvgIpc) is 2.69. The summed E-state index contributed by atoms with van der Waals surface area (Å²) in [7, 11) is -3.60. The third kappa shape index (κ3) is 6.21. The van der Waals surface area contributed by atoms with E-state index in [4.69, 9.17) is 13.7 Å². The third-order valence-electron chi connectivity index (χ3n) is 3.93. The molecule has 0 aromatic carbocycles. The Bertz CT molecular complexity index is 615. The van der Waals surface area contributed by atoms with Gasteiger partial charge < -0.3 is 9.47 Å². The predicted octanol–water partition coefficient (Wildman–Crippen LogP) is 3.06. The highest BCUT2D eigenvalue weighted by Crippen LogP contribution is 2.36. The van der Waals surface area contributed by atoms with Gasteiger partial charge in [-0.1, -0.05) is 0 Å². The second-order valence-electron chi connectivity index (χ2n) is 8.95. The first kappa shape index (κ1) is 22.9. The molecule has 0 aromatic heterocycles. The summed E-state index contributed by atoms with van der Waals surface area (Å²) in [5, 5.41) is 0. The molecule has 26 heavy (non-hydrogen) atoms. The van der Waals surface area contributed by atoms with Gasteiger partial charge >= 0.3 is 12.2 Å². The number of nitrogens with zero attached hydrogens (tertiary/aromatic N) is 1. The number of amides is 2. The van der Waals surface area contributed by atoms with Crippen LogP contribution in [0.15, 0.2) is 0 Å². The van der Waals surface area contributed by atoms with Crippen LogP contribution < -0.4 is 0 Å². The minimum Gasteiger partial charge on any atom is -0.414 e. The zero-order valence-corrected chi connectivity index (χ0v) is 17.8. The second-order valence-corrected chi connectivity index (χ2v) is 10.6. The van der Waals surface area contributed by atoms with Crippen molar-refractivity contribution in [1.29, 1.82) is 0 Å². The van der Waals surface area contributed by atoms with Gasteiger partial charge in [-0.05, 0) is 48.5 Å². The fourth-order valence-corrected chi connectivity index (χ4v) is 3.37. The van der Waals surface area contributed by atoms with Gasteiger partial charge in [0, 0.05) is 12.3 Å². The molecule has 9 heteroatoms. The largest absolute Gasteiger partial charge is 0.527 e. The van der Waals surface area contributed by atoms with Gasteiger partial charge in [0.05, 0.1) is 12.9 Å². The van der Waals surface area contributed by atoms with Gasteiger partial charge in [-0.25, -0.2) is 0 Å². The van der Waals surface area contributed by atoms with E-state index in [1.54, 1.807) is 48.5 Å². The summed E-state index contributed by atoms with van der Waals surface area (Å²) < 4.78 is 37.8. The lowest BCUT2D eigenvalue weighted by molar-refractivity contribution is -0.799. The van der Waals surface area contributed by atoms with Crippen molar-refractivity contribution in [2.75, 3.05) is 19.4 Å². The van der Waals surface area contributed by atoms with Crippen LogP contribution >= 0.6 is 0 Å². The zero-order chi connectivity index (χ0) is 20.6. The van der Waals surface area contributed by atoms with Crippen LogP contribution in [-0.2, 0) is 23.8 Å². The molecule has 0 spiro atoms. The van der Waals surface area contributed by atoms with E-state index in [2.05, 4.69) is 0 Å². The highest BCUT2D eigenvalue weighted by molar-refractivity contribution is 7.85. The minimum atomic E-state index is -3.60. The molecule has 1 unspecified atom stereocenters. The quantitative estimate of drug-likeness (QED) is 0.536. The molecule has 8 nitrogen and oxygen atoms in total. The molecule has 1 fully saturated rings. The van der Waals surface area contributed by atoms with E-state index in [-0.39, 0.29) is 19.1 Å². The Morgan fingerprint density at radius 2 is 1.42 bits per heavy atom. The summed E-state index contributed by atoms with van der Waals surface area (Å²) in [6.45, 7) is 12.1. The van der Waals surface area contributed by atoms with Crippen LogP contribution in [0.25, 0.3) is 0 Å². The van der Waals surface area contributed by atoms with Gasteiger partial charge in [0.1, 0.15) is 23.8 Å². The van der Waals surface area contributed by atoms with Crippen LogP contribution in [0.5, 0.6) is 0 Å². The third-order valence-corrected chi connectivity index (χ3v) is 4.49. The van der Waals surface area contributed by atoms with E-state index in [9.17, 15) is 18.0 Å².